The van der Waals surface area contributed by atoms with Crippen molar-refractivity contribution in [2.75, 3.05) is 0 Å². The Balaban J connectivity index is 1.18. The van der Waals surface area contributed by atoms with E-state index in [-0.39, 0.29) is 36.9 Å². The van der Waals surface area contributed by atoms with Crippen LogP contribution in [0.1, 0.15) is 155 Å². The zero-order valence-corrected chi connectivity index (χ0v) is 28.8. The van der Waals surface area contributed by atoms with Gasteiger partial charge in [0, 0.05) is 12.0 Å². The molecule has 0 spiro atoms. The number of hydrogen-bond donors (Lipinski definition) is 5. The fourth-order valence-electron chi connectivity index (χ4n) is 7.28. The Morgan fingerprint density at radius 2 is 1.17 bits per heavy atom. The summed E-state index contributed by atoms with van der Waals surface area (Å²) in [5, 5.41) is 52.7. The Kier molecular flexibility index (Phi) is 18.7. The van der Waals surface area contributed by atoms with Gasteiger partial charge in [0.2, 0.25) is 0 Å². The number of hydrogen-bond acceptors (Lipinski definition) is 9. The SMILES string of the molecule is CCCCCCCCCC[C@H](O)[C@H]1CC[C@@H]([C@@H](O)CC[C@H](O)[C@@H]2CC[C@@H](CCCCCCC(O)C(O)CC3=CC(C)OC3=O)O2)O1. The van der Waals surface area contributed by atoms with Crippen LogP contribution in [0.3, 0.4) is 0 Å². The number of carbonyl (C=O) groups excluding carboxylic acids is 1. The highest BCUT2D eigenvalue weighted by molar-refractivity contribution is 5.90. The van der Waals surface area contributed by atoms with E-state index >= 15 is 0 Å². The second kappa shape index (κ2) is 21.8. The standard InChI is InChI=1S/C37H66O9/c1-3-4-5-6-7-8-9-14-17-30(39)35-22-23-36(46-35)32(41)20-19-31(40)34-21-18-28(45-34)15-12-10-11-13-16-29(38)33(42)25-27-24-26(2)44-37(27)43/h24,26,28-36,38-42H,3-23,25H2,1-2H3/t26?,28-,29?,30+,31+,32+,33?,34+,35-,36+/m1/s1. The van der Waals surface area contributed by atoms with Crippen LogP contribution in [0.5, 0.6) is 0 Å². The molecular formula is C37H66O9. The normalized spacial score (nSPS) is 28.2. The maximum absolute atomic E-state index is 11.7. The van der Waals surface area contributed by atoms with Crippen molar-refractivity contribution in [1.29, 1.82) is 0 Å². The summed E-state index contributed by atoms with van der Waals surface area (Å²) in [5.74, 6) is -0.409. The number of aliphatic hydroxyl groups is 5. The zero-order chi connectivity index (χ0) is 33.3. The molecule has 0 aromatic heterocycles. The van der Waals surface area contributed by atoms with Crippen LogP contribution in [0.15, 0.2) is 11.6 Å². The van der Waals surface area contributed by atoms with Gasteiger partial charge in [-0.3, -0.25) is 0 Å². The molecule has 2 saturated heterocycles. The summed E-state index contributed by atoms with van der Waals surface area (Å²) < 4.78 is 17.3. The van der Waals surface area contributed by atoms with E-state index in [0.717, 1.165) is 77.0 Å². The molecule has 268 valence electrons. The van der Waals surface area contributed by atoms with Crippen LogP contribution >= 0.6 is 0 Å². The molecule has 5 N–H and O–H groups in total. The van der Waals surface area contributed by atoms with E-state index in [1.165, 1.54) is 38.5 Å². The van der Waals surface area contributed by atoms with Crippen molar-refractivity contribution in [2.45, 2.75) is 216 Å². The average Bonchev–Trinajstić information content (AvgIpc) is 3.79. The van der Waals surface area contributed by atoms with Crippen LogP contribution in [0.2, 0.25) is 0 Å². The molecule has 0 aromatic rings. The van der Waals surface area contributed by atoms with Gasteiger partial charge in [0.25, 0.3) is 0 Å². The van der Waals surface area contributed by atoms with Gasteiger partial charge in [-0.2, -0.15) is 0 Å². The van der Waals surface area contributed by atoms with Crippen LogP contribution in [-0.4, -0.2) is 92.5 Å². The molecule has 0 amide bonds. The topological polar surface area (TPSA) is 146 Å². The summed E-state index contributed by atoms with van der Waals surface area (Å²) in [6, 6.07) is 0. The van der Waals surface area contributed by atoms with Crippen molar-refractivity contribution in [3.8, 4) is 0 Å². The predicted octanol–water partition coefficient (Wildman–Crippen LogP) is 5.80. The second-order valence-corrected chi connectivity index (χ2v) is 14.3. The monoisotopic (exact) mass is 654 g/mol. The smallest absolute Gasteiger partial charge is 0.334 e. The zero-order valence-electron chi connectivity index (χ0n) is 28.8. The molecule has 9 nitrogen and oxygen atoms in total. The molecule has 0 radical (unpaired) electrons. The van der Waals surface area contributed by atoms with Crippen molar-refractivity contribution >= 4 is 5.97 Å². The molecule has 0 aromatic carbocycles. The minimum Gasteiger partial charge on any atom is -0.455 e. The van der Waals surface area contributed by atoms with E-state index in [0.29, 0.717) is 24.8 Å². The number of ether oxygens (including phenoxy) is 3. The van der Waals surface area contributed by atoms with Crippen molar-refractivity contribution in [3.05, 3.63) is 11.6 Å². The number of aliphatic hydroxyl groups excluding tert-OH is 5. The summed E-state index contributed by atoms with van der Waals surface area (Å²) in [6.45, 7) is 4.00. The first-order chi connectivity index (χ1) is 22.2. The molecule has 2 fully saturated rings. The first kappa shape index (κ1) is 39.4. The molecular weight excluding hydrogens is 588 g/mol. The lowest BCUT2D eigenvalue weighted by Crippen LogP contribution is -2.33. The van der Waals surface area contributed by atoms with Crippen LogP contribution in [-0.2, 0) is 19.0 Å². The number of cyclic esters (lactones) is 1. The van der Waals surface area contributed by atoms with Crippen molar-refractivity contribution in [3.63, 3.8) is 0 Å². The molecule has 10 atom stereocenters. The largest absolute Gasteiger partial charge is 0.455 e. The maximum Gasteiger partial charge on any atom is 0.334 e. The highest BCUT2D eigenvalue weighted by atomic mass is 16.5. The van der Waals surface area contributed by atoms with Crippen LogP contribution < -0.4 is 0 Å². The summed E-state index contributed by atoms with van der Waals surface area (Å²) in [6.07, 6.45) is 17.5. The number of esters is 1. The van der Waals surface area contributed by atoms with E-state index in [4.69, 9.17) is 14.2 Å². The summed E-state index contributed by atoms with van der Waals surface area (Å²) in [5.41, 5.74) is 0.437. The van der Waals surface area contributed by atoms with Gasteiger partial charge >= 0.3 is 5.97 Å². The molecule has 3 heterocycles. The molecule has 3 rings (SSSR count). The lowest BCUT2D eigenvalue weighted by molar-refractivity contribution is -0.139. The van der Waals surface area contributed by atoms with Crippen LogP contribution in [0.25, 0.3) is 0 Å². The second-order valence-electron chi connectivity index (χ2n) is 14.3. The molecule has 3 aliphatic rings. The Morgan fingerprint density at radius 1 is 0.652 bits per heavy atom. The van der Waals surface area contributed by atoms with Gasteiger partial charge in [-0.15, -0.1) is 0 Å². The number of carbonyl (C=O) groups is 1. The van der Waals surface area contributed by atoms with Gasteiger partial charge in [-0.25, -0.2) is 4.79 Å². The molecule has 0 bridgehead atoms. The molecule has 3 aliphatic heterocycles. The lowest BCUT2D eigenvalue weighted by atomic mass is 9.98. The molecule has 46 heavy (non-hydrogen) atoms. The third-order valence-corrected chi connectivity index (χ3v) is 10.3. The fraction of sp³-hybridized carbons (Fsp3) is 0.919. The van der Waals surface area contributed by atoms with Crippen LogP contribution in [0, 0.1) is 0 Å². The minimum absolute atomic E-state index is 0.119. The number of rotatable bonds is 25. The average molecular weight is 655 g/mol. The quantitative estimate of drug-likeness (QED) is 0.0609. The van der Waals surface area contributed by atoms with E-state index in [9.17, 15) is 30.3 Å². The Bertz CT molecular complexity index is 866. The van der Waals surface area contributed by atoms with E-state index in [1.54, 1.807) is 13.0 Å². The van der Waals surface area contributed by atoms with Crippen molar-refractivity contribution in [1.82, 2.24) is 0 Å². The van der Waals surface area contributed by atoms with Gasteiger partial charge in [0.15, 0.2) is 0 Å². The third kappa shape index (κ3) is 14.2. The highest BCUT2D eigenvalue weighted by Gasteiger charge is 2.36. The van der Waals surface area contributed by atoms with Gasteiger partial charge in [-0.1, -0.05) is 84.0 Å². The molecule has 9 heteroatoms. The summed E-state index contributed by atoms with van der Waals surface area (Å²) >= 11 is 0. The Morgan fingerprint density at radius 3 is 1.78 bits per heavy atom. The first-order valence-electron chi connectivity index (χ1n) is 18.8. The first-order valence-corrected chi connectivity index (χ1v) is 18.8. The maximum atomic E-state index is 11.7. The lowest BCUT2D eigenvalue weighted by Gasteiger charge is -2.24. The summed E-state index contributed by atoms with van der Waals surface area (Å²) in [7, 11) is 0. The fourth-order valence-corrected chi connectivity index (χ4v) is 7.28. The van der Waals surface area contributed by atoms with E-state index in [1.807, 2.05) is 0 Å². The van der Waals surface area contributed by atoms with Crippen molar-refractivity contribution < 1.29 is 44.5 Å². The Labute approximate surface area is 278 Å². The van der Waals surface area contributed by atoms with E-state index < -0.39 is 36.5 Å². The van der Waals surface area contributed by atoms with Gasteiger partial charge in [0.1, 0.15) is 6.10 Å². The summed E-state index contributed by atoms with van der Waals surface area (Å²) in [4.78, 5) is 11.7. The Hall–Kier alpha value is -1.07. The van der Waals surface area contributed by atoms with Gasteiger partial charge in [0.05, 0.1) is 54.9 Å². The van der Waals surface area contributed by atoms with Crippen molar-refractivity contribution in [2.24, 2.45) is 0 Å². The molecule has 3 unspecified atom stereocenters. The van der Waals surface area contributed by atoms with Crippen LogP contribution in [0.4, 0.5) is 0 Å². The minimum atomic E-state index is -0.967. The number of unbranched alkanes of at least 4 members (excludes halogenated alkanes) is 10. The molecule has 0 saturated carbocycles. The van der Waals surface area contributed by atoms with Gasteiger partial charge in [-0.05, 0) is 70.8 Å². The predicted molar refractivity (Wildman–Crippen MR) is 178 cm³/mol. The molecule has 0 aliphatic carbocycles. The van der Waals surface area contributed by atoms with Gasteiger partial charge < -0.3 is 39.7 Å². The third-order valence-electron chi connectivity index (χ3n) is 10.3. The highest BCUT2D eigenvalue weighted by Crippen LogP contribution is 2.31. The van der Waals surface area contributed by atoms with E-state index in [2.05, 4.69) is 6.92 Å².